The molecular weight excluding hydrogens is 361 g/mol. The first-order chi connectivity index (χ1) is 13.5. The predicted molar refractivity (Wildman–Crippen MR) is 107 cm³/mol. The van der Waals surface area contributed by atoms with Gasteiger partial charge in [-0.2, -0.15) is 13.2 Å². The molecule has 0 amide bonds. The number of nitrogens with zero attached hydrogens (tertiary/aromatic N) is 1. The van der Waals surface area contributed by atoms with Crippen molar-refractivity contribution in [3.8, 4) is 0 Å². The Morgan fingerprint density at radius 1 is 1.00 bits per heavy atom. The van der Waals surface area contributed by atoms with E-state index in [9.17, 15) is 13.2 Å². The van der Waals surface area contributed by atoms with Crippen LogP contribution in [0.25, 0.3) is 0 Å². The van der Waals surface area contributed by atoms with Gasteiger partial charge in [-0.1, -0.05) is 61.2 Å². The molecule has 1 aliphatic rings. The molecule has 1 aliphatic carbocycles. The van der Waals surface area contributed by atoms with Crippen LogP contribution in [0.4, 0.5) is 13.2 Å². The molecule has 0 heterocycles. The normalized spacial score (nSPS) is 14.9. The summed E-state index contributed by atoms with van der Waals surface area (Å²) in [4.78, 5) is 4.81. The molecule has 0 saturated heterocycles. The van der Waals surface area contributed by atoms with Gasteiger partial charge in [0.25, 0.3) is 0 Å². The number of benzene rings is 2. The summed E-state index contributed by atoms with van der Waals surface area (Å²) in [6.45, 7) is 3.69. The lowest BCUT2D eigenvalue weighted by atomic mass is 10.00. The molecule has 0 fully saturated rings. The first-order valence-electron chi connectivity index (χ1n) is 9.04. The Morgan fingerprint density at radius 3 is 2.32 bits per heavy atom. The second-order valence-corrected chi connectivity index (χ2v) is 6.43. The zero-order valence-corrected chi connectivity index (χ0v) is 15.3. The molecule has 2 nitrogen and oxygen atoms in total. The zero-order chi connectivity index (χ0) is 20.0. The first-order valence-corrected chi connectivity index (χ1v) is 9.04. The van der Waals surface area contributed by atoms with Crippen molar-refractivity contribution in [2.45, 2.75) is 25.4 Å². The van der Waals surface area contributed by atoms with E-state index in [1.165, 1.54) is 12.1 Å². The largest absolute Gasteiger partial charge is 0.416 e. The lowest BCUT2D eigenvalue weighted by Gasteiger charge is -2.15. The Balaban J connectivity index is 1.99. The molecule has 2 aromatic rings. The molecule has 0 aromatic heterocycles. The van der Waals surface area contributed by atoms with Crippen LogP contribution in [0.2, 0.25) is 0 Å². The molecule has 144 valence electrons. The van der Waals surface area contributed by atoms with Gasteiger partial charge < -0.3 is 5.32 Å². The summed E-state index contributed by atoms with van der Waals surface area (Å²) < 4.78 is 38.7. The molecule has 0 bridgehead atoms. The smallest absolute Gasteiger partial charge is 0.361 e. The topological polar surface area (TPSA) is 24.4 Å². The number of allylic oxidation sites excluding steroid dienone is 2. The van der Waals surface area contributed by atoms with E-state index in [-0.39, 0.29) is 0 Å². The van der Waals surface area contributed by atoms with Crippen LogP contribution in [0, 0.1) is 0 Å². The number of halogens is 3. The highest BCUT2D eigenvalue weighted by Gasteiger charge is 2.30. The Labute approximate surface area is 162 Å². The van der Waals surface area contributed by atoms with Crippen molar-refractivity contribution in [1.29, 1.82) is 0 Å². The Morgan fingerprint density at radius 2 is 1.68 bits per heavy atom. The maximum Gasteiger partial charge on any atom is 0.416 e. The highest BCUT2D eigenvalue weighted by atomic mass is 19.4. The lowest BCUT2D eigenvalue weighted by molar-refractivity contribution is -0.137. The Hall–Kier alpha value is -3.08. The minimum absolute atomic E-state index is 0.519. The zero-order valence-electron chi connectivity index (χ0n) is 15.3. The van der Waals surface area contributed by atoms with Gasteiger partial charge in [-0.05, 0) is 42.3 Å². The fourth-order valence-corrected chi connectivity index (χ4v) is 3.00. The average Bonchev–Trinajstić information content (AvgIpc) is 2.69. The van der Waals surface area contributed by atoms with Crippen LogP contribution >= 0.6 is 0 Å². The molecule has 0 saturated carbocycles. The second kappa shape index (κ2) is 8.74. The number of aliphatic imine (C=N–C) groups is 1. The van der Waals surface area contributed by atoms with E-state index in [1.54, 1.807) is 6.20 Å². The Bertz CT molecular complexity index is 905. The molecule has 5 heteroatoms. The number of nitrogens with one attached hydrogen (secondary N) is 1. The van der Waals surface area contributed by atoms with Gasteiger partial charge in [0.05, 0.1) is 22.7 Å². The summed E-state index contributed by atoms with van der Waals surface area (Å²) in [5.41, 5.74) is 3.39. The van der Waals surface area contributed by atoms with Gasteiger partial charge in [-0.25, -0.2) is 0 Å². The molecule has 0 unspecified atom stereocenters. The van der Waals surface area contributed by atoms with E-state index in [2.05, 4.69) is 11.9 Å². The van der Waals surface area contributed by atoms with E-state index in [0.29, 0.717) is 17.7 Å². The number of hydrogen-bond donors (Lipinski definition) is 1. The summed E-state index contributed by atoms with van der Waals surface area (Å²) in [6, 6.07) is 14.9. The lowest BCUT2D eigenvalue weighted by Crippen LogP contribution is -2.13. The molecule has 1 N–H and O–H groups in total. The van der Waals surface area contributed by atoms with Crippen LogP contribution in [0.15, 0.2) is 95.9 Å². The van der Waals surface area contributed by atoms with Crippen LogP contribution in [-0.2, 0) is 12.6 Å². The standard InChI is InChI=1S/C23H21F3N2/c1-2-27-20-10-6-7-11-21(20)28-22(16-17-8-4-3-5-9-17)18-12-14-19(15-13-18)23(24,25)26/h2-5,8-15,27H,1,6-7,16H2. The number of hydrogen-bond acceptors (Lipinski definition) is 2. The van der Waals surface area contributed by atoms with Gasteiger partial charge >= 0.3 is 6.18 Å². The minimum Gasteiger partial charge on any atom is -0.361 e. The first kappa shape index (κ1) is 19.7. The maximum absolute atomic E-state index is 12.9. The van der Waals surface area contributed by atoms with Gasteiger partial charge in [0.1, 0.15) is 0 Å². The van der Waals surface area contributed by atoms with Crippen molar-refractivity contribution in [3.05, 3.63) is 108 Å². The quantitative estimate of drug-likeness (QED) is 0.606. The van der Waals surface area contributed by atoms with Crippen molar-refractivity contribution in [3.63, 3.8) is 0 Å². The maximum atomic E-state index is 12.9. The predicted octanol–water partition coefficient (Wildman–Crippen LogP) is 6.03. The van der Waals surface area contributed by atoms with Crippen molar-refractivity contribution in [1.82, 2.24) is 5.32 Å². The summed E-state index contributed by atoms with van der Waals surface area (Å²) in [6.07, 6.45) is 3.61. The fourth-order valence-electron chi connectivity index (χ4n) is 3.00. The van der Waals surface area contributed by atoms with E-state index in [0.717, 1.165) is 41.9 Å². The van der Waals surface area contributed by atoms with Gasteiger partial charge in [0.15, 0.2) is 0 Å². The molecule has 28 heavy (non-hydrogen) atoms. The summed E-state index contributed by atoms with van der Waals surface area (Å²) in [5.74, 6) is 0. The minimum atomic E-state index is -4.36. The van der Waals surface area contributed by atoms with Crippen molar-refractivity contribution in [2.24, 2.45) is 4.99 Å². The summed E-state index contributed by atoms with van der Waals surface area (Å²) in [7, 11) is 0. The highest BCUT2D eigenvalue weighted by molar-refractivity contribution is 6.02. The van der Waals surface area contributed by atoms with Gasteiger partial charge in [0, 0.05) is 6.42 Å². The van der Waals surface area contributed by atoms with Gasteiger partial charge in [0.2, 0.25) is 0 Å². The third-order valence-electron chi connectivity index (χ3n) is 4.40. The van der Waals surface area contributed by atoms with Crippen molar-refractivity contribution >= 4 is 5.71 Å². The molecule has 2 aromatic carbocycles. The van der Waals surface area contributed by atoms with Crippen LogP contribution in [-0.4, -0.2) is 5.71 Å². The van der Waals surface area contributed by atoms with Crippen molar-refractivity contribution in [2.75, 3.05) is 0 Å². The second-order valence-electron chi connectivity index (χ2n) is 6.43. The summed E-state index contributed by atoms with van der Waals surface area (Å²) in [5, 5.41) is 3.09. The molecule has 3 rings (SSSR count). The van der Waals surface area contributed by atoms with Crippen LogP contribution in [0.5, 0.6) is 0 Å². The third kappa shape index (κ3) is 5.00. The molecular formula is C23H21F3N2. The highest BCUT2D eigenvalue weighted by Crippen LogP contribution is 2.29. The van der Waals surface area contributed by atoms with E-state index >= 15 is 0 Å². The van der Waals surface area contributed by atoms with Crippen molar-refractivity contribution < 1.29 is 13.2 Å². The van der Waals surface area contributed by atoms with Crippen LogP contribution < -0.4 is 5.32 Å². The van der Waals surface area contributed by atoms with E-state index in [4.69, 9.17) is 4.99 Å². The van der Waals surface area contributed by atoms with Gasteiger partial charge in [-0.15, -0.1) is 0 Å². The van der Waals surface area contributed by atoms with E-state index in [1.807, 2.05) is 42.5 Å². The molecule has 0 atom stereocenters. The van der Waals surface area contributed by atoms with E-state index < -0.39 is 11.7 Å². The molecule has 0 aliphatic heterocycles. The van der Waals surface area contributed by atoms with Gasteiger partial charge in [-0.3, -0.25) is 4.99 Å². The monoisotopic (exact) mass is 382 g/mol. The average molecular weight is 382 g/mol. The number of rotatable bonds is 6. The SMILES string of the molecule is C=CNC1=CCCC=C1N=C(Cc1ccccc1)c1ccc(C(F)(F)F)cc1. The van der Waals surface area contributed by atoms with Crippen LogP contribution in [0.3, 0.4) is 0 Å². The number of alkyl halides is 3. The van der Waals surface area contributed by atoms with Crippen LogP contribution in [0.1, 0.15) is 29.5 Å². The Kier molecular flexibility index (Phi) is 6.14. The summed E-state index contributed by atoms with van der Waals surface area (Å²) >= 11 is 0. The third-order valence-corrected chi connectivity index (χ3v) is 4.40. The fraction of sp³-hybridized carbons (Fsp3) is 0.174. The molecule has 0 spiro atoms. The molecule has 0 radical (unpaired) electrons.